The molecule has 0 heterocycles. The molecule has 0 saturated heterocycles. The molecule has 2 rings (SSSR count). The lowest BCUT2D eigenvalue weighted by Gasteiger charge is -2.14. The average molecular weight is 287 g/mol. The zero-order valence-corrected chi connectivity index (χ0v) is 12.8. The minimum atomic E-state index is -0.336. The summed E-state index contributed by atoms with van der Waals surface area (Å²) in [6, 6.07) is 13.6. The normalized spacial score (nSPS) is 12.2. The largest absolute Gasteiger partial charge is 0.494 e. The first kappa shape index (κ1) is 15.5. The summed E-state index contributed by atoms with van der Waals surface area (Å²) in [4.78, 5) is 0. The molecule has 2 aromatic carbocycles. The number of hydrogen-bond donors (Lipinski definition) is 1. The smallest absolute Gasteiger partial charge is 0.165 e. The molecule has 0 spiro atoms. The van der Waals surface area contributed by atoms with Crippen molar-refractivity contribution in [2.75, 3.05) is 13.7 Å². The molecule has 0 aliphatic rings. The molecule has 0 aromatic heterocycles. The van der Waals surface area contributed by atoms with Crippen LogP contribution in [0, 0.1) is 5.82 Å². The first-order valence-electron chi connectivity index (χ1n) is 7.33. The molecular formula is C18H22FNO. The van der Waals surface area contributed by atoms with Crippen molar-refractivity contribution in [3.8, 4) is 16.9 Å². The van der Waals surface area contributed by atoms with Crippen molar-refractivity contribution in [3.63, 3.8) is 0 Å². The molecule has 1 atom stereocenters. The third-order valence-corrected chi connectivity index (χ3v) is 3.60. The van der Waals surface area contributed by atoms with Gasteiger partial charge in [0.1, 0.15) is 0 Å². The molecule has 112 valence electrons. The van der Waals surface area contributed by atoms with Crippen LogP contribution >= 0.6 is 0 Å². The van der Waals surface area contributed by atoms with Crippen molar-refractivity contribution in [2.45, 2.75) is 26.3 Å². The molecule has 0 aliphatic carbocycles. The quantitative estimate of drug-likeness (QED) is 0.840. The van der Waals surface area contributed by atoms with Crippen molar-refractivity contribution in [1.29, 1.82) is 0 Å². The highest BCUT2D eigenvalue weighted by atomic mass is 19.1. The van der Waals surface area contributed by atoms with E-state index in [1.807, 2.05) is 18.2 Å². The van der Waals surface area contributed by atoms with Gasteiger partial charge in [0.15, 0.2) is 11.6 Å². The Morgan fingerprint density at radius 1 is 1.10 bits per heavy atom. The van der Waals surface area contributed by atoms with Gasteiger partial charge < -0.3 is 10.1 Å². The van der Waals surface area contributed by atoms with Gasteiger partial charge in [0, 0.05) is 6.04 Å². The van der Waals surface area contributed by atoms with Gasteiger partial charge in [0.2, 0.25) is 0 Å². The van der Waals surface area contributed by atoms with Crippen LogP contribution in [-0.2, 0) is 0 Å². The van der Waals surface area contributed by atoms with Crippen LogP contribution in [0.25, 0.3) is 11.1 Å². The van der Waals surface area contributed by atoms with Crippen LogP contribution in [0.5, 0.6) is 5.75 Å². The minimum absolute atomic E-state index is 0.271. The molecule has 2 nitrogen and oxygen atoms in total. The lowest BCUT2D eigenvalue weighted by molar-refractivity contribution is 0.386. The van der Waals surface area contributed by atoms with Crippen molar-refractivity contribution in [1.82, 2.24) is 5.32 Å². The first-order chi connectivity index (χ1) is 10.2. The third-order valence-electron chi connectivity index (χ3n) is 3.60. The zero-order valence-electron chi connectivity index (χ0n) is 12.8. The van der Waals surface area contributed by atoms with Crippen LogP contribution < -0.4 is 10.1 Å². The van der Waals surface area contributed by atoms with Crippen LogP contribution in [0.15, 0.2) is 42.5 Å². The number of rotatable bonds is 6. The summed E-state index contributed by atoms with van der Waals surface area (Å²) in [6.45, 7) is 5.31. The number of hydrogen-bond acceptors (Lipinski definition) is 2. The van der Waals surface area contributed by atoms with E-state index in [-0.39, 0.29) is 11.6 Å². The summed E-state index contributed by atoms with van der Waals surface area (Å²) < 4.78 is 18.7. The summed E-state index contributed by atoms with van der Waals surface area (Å²) in [5.74, 6) is -0.0650. The van der Waals surface area contributed by atoms with Crippen molar-refractivity contribution < 1.29 is 9.13 Å². The fourth-order valence-corrected chi connectivity index (χ4v) is 2.29. The van der Waals surface area contributed by atoms with Gasteiger partial charge in [-0.15, -0.1) is 0 Å². The van der Waals surface area contributed by atoms with Crippen LogP contribution in [0.1, 0.15) is 31.9 Å². The van der Waals surface area contributed by atoms with Crippen LogP contribution in [-0.4, -0.2) is 13.7 Å². The van der Waals surface area contributed by atoms with Crippen molar-refractivity contribution in [2.24, 2.45) is 0 Å². The Balaban J connectivity index is 2.17. The van der Waals surface area contributed by atoms with E-state index in [0.717, 1.165) is 24.1 Å². The third kappa shape index (κ3) is 3.82. The number of benzene rings is 2. The molecule has 0 bridgehead atoms. The Morgan fingerprint density at radius 2 is 1.76 bits per heavy atom. The molecule has 0 radical (unpaired) electrons. The molecule has 1 unspecified atom stereocenters. The van der Waals surface area contributed by atoms with Crippen molar-refractivity contribution in [3.05, 3.63) is 53.8 Å². The number of methoxy groups -OCH3 is 1. The Labute approximate surface area is 126 Å². The average Bonchev–Trinajstić information content (AvgIpc) is 2.52. The van der Waals surface area contributed by atoms with E-state index in [2.05, 4.69) is 31.3 Å². The molecule has 1 N–H and O–H groups in total. The highest BCUT2D eigenvalue weighted by Crippen LogP contribution is 2.26. The highest BCUT2D eigenvalue weighted by Gasteiger charge is 2.07. The number of ether oxygens (including phenoxy) is 1. The van der Waals surface area contributed by atoms with Gasteiger partial charge in [-0.1, -0.05) is 37.3 Å². The van der Waals surface area contributed by atoms with Crippen molar-refractivity contribution >= 4 is 0 Å². The van der Waals surface area contributed by atoms with Gasteiger partial charge in [-0.25, -0.2) is 4.39 Å². The van der Waals surface area contributed by atoms with E-state index in [0.29, 0.717) is 6.04 Å². The van der Waals surface area contributed by atoms with E-state index in [1.165, 1.54) is 18.7 Å². The fourth-order valence-electron chi connectivity index (χ4n) is 2.29. The standard InChI is InChI=1S/C18H22FNO/c1-4-11-20-13(2)14-5-7-15(8-6-14)16-9-10-18(21-3)17(19)12-16/h5-10,12-13,20H,4,11H2,1-3H3. The Hall–Kier alpha value is -1.87. The molecule has 21 heavy (non-hydrogen) atoms. The topological polar surface area (TPSA) is 21.3 Å². The molecule has 0 amide bonds. The second-order valence-corrected chi connectivity index (χ2v) is 5.15. The molecular weight excluding hydrogens is 265 g/mol. The summed E-state index contributed by atoms with van der Waals surface area (Å²) >= 11 is 0. The minimum Gasteiger partial charge on any atom is -0.494 e. The van der Waals surface area contributed by atoms with Gasteiger partial charge in [0.25, 0.3) is 0 Å². The second-order valence-electron chi connectivity index (χ2n) is 5.15. The Bertz CT molecular complexity index is 580. The molecule has 2 aromatic rings. The second kappa shape index (κ2) is 7.23. The number of halogens is 1. The SMILES string of the molecule is CCCNC(C)c1ccc(-c2ccc(OC)c(F)c2)cc1. The maximum absolute atomic E-state index is 13.7. The van der Waals surface area contributed by atoms with Gasteiger partial charge in [-0.05, 0) is 48.7 Å². The van der Waals surface area contributed by atoms with E-state index in [4.69, 9.17) is 4.74 Å². The van der Waals surface area contributed by atoms with Crippen LogP contribution in [0.2, 0.25) is 0 Å². The molecule has 0 fully saturated rings. The molecule has 3 heteroatoms. The zero-order chi connectivity index (χ0) is 15.2. The van der Waals surface area contributed by atoms with Gasteiger partial charge >= 0.3 is 0 Å². The summed E-state index contributed by atoms with van der Waals surface area (Å²) in [7, 11) is 1.47. The lowest BCUT2D eigenvalue weighted by Crippen LogP contribution is -2.19. The molecule has 0 aliphatic heterocycles. The lowest BCUT2D eigenvalue weighted by atomic mass is 10.0. The first-order valence-corrected chi connectivity index (χ1v) is 7.33. The predicted octanol–water partition coefficient (Wildman–Crippen LogP) is 4.56. The summed E-state index contributed by atoms with van der Waals surface area (Å²) in [5.41, 5.74) is 3.10. The van der Waals surface area contributed by atoms with E-state index >= 15 is 0 Å². The predicted molar refractivity (Wildman–Crippen MR) is 85.1 cm³/mol. The van der Waals surface area contributed by atoms with Gasteiger partial charge in [-0.3, -0.25) is 0 Å². The summed E-state index contributed by atoms with van der Waals surface area (Å²) in [5, 5.41) is 3.46. The van der Waals surface area contributed by atoms with E-state index < -0.39 is 0 Å². The van der Waals surface area contributed by atoms with E-state index in [1.54, 1.807) is 6.07 Å². The van der Waals surface area contributed by atoms with Crippen LogP contribution in [0.4, 0.5) is 4.39 Å². The van der Waals surface area contributed by atoms with Gasteiger partial charge in [-0.2, -0.15) is 0 Å². The number of nitrogens with one attached hydrogen (secondary N) is 1. The van der Waals surface area contributed by atoms with E-state index in [9.17, 15) is 4.39 Å². The van der Waals surface area contributed by atoms with Crippen LogP contribution in [0.3, 0.4) is 0 Å². The Kier molecular flexibility index (Phi) is 5.34. The maximum Gasteiger partial charge on any atom is 0.165 e. The monoisotopic (exact) mass is 287 g/mol. The Morgan fingerprint density at radius 3 is 2.33 bits per heavy atom. The molecule has 0 saturated carbocycles. The van der Waals surface area contributed by atoms with Gasteiger partial charge in [0.05, 0.1) is 7.11 Å². The highest BCUT2D eigenvalue weighted by molar-refractivity contribution is 5.64. The fraction of sp³-hybridized carbons (Fsp3) is 0.333. The summed E-state index contributed by atoms with van der Waals surface area (Å²) in [6.07, 6.45) is 1.12. The maximum atomic E-state index is 13.7.